The average Bonchev–Trinajstić information content (AvgIpc) is 3.08. The average molecular weight is 252 g/mol. The summed E-state index contributed by atoms with van der Waals surface area (Å²) in [5, 5.41) is 10.3. The van der Waals surface area contributed by atoms with Crippen molar-refractivity contribution in [3.63, 3.8) is 0 Å². The van der Waals surface area contributed by atoms with Crippen molar-refractivity contribution in [2.45, 2.75) is 38.7 Å². The summed E-state index contributed by atoms with van der Waals surface area (Å²) >= 11 is 0. The minimum absolute atomic E-state index is 0.0679. The van der Waals surface area contributed by atoms with E-state index in [-0.39, 0.29) is 11.5 Å². The Morgan fingerprint density at radius 2 is 1.78 bits per heavy atom. The molecule has 0 spiro atoms. The maximum Gasteiger partial charge on any atom is 0.134 e. The van der Waals surface area contributed by atoms with E-state index in [4.69, 9.17) is 0 Å². The first-order valence-corrected chi connectivity index (χ1v) is 6.74. The number of hydrogen-bond donors (Lipinski definition) is 1. The molecule has 3 unspecified atom stereocenters. The van der Waals surface area contributed by atoms with E-state index in [9.17, 15) is 13.9 Å². The first kappa shape index (κ1) is 12.1. The lowest BCUT2D eigenvalue weighted by Gasteiger charge is -2.14. The largest absolute Gasteiger partial charge is 0.388 e. The van der Waals surface area contributed by atoms with Crippen LogP contribution >= 0.6 is 0 Å². The molecule has 0 saturated heterocycles. The van der Waals surface area contributed by atoms with Crippen LogP contribution in [-0.4, -0.2) is 5.11 Å². The molecule has 0 aromatic heterocycles. The zero-order valence-corrected chi connectivity index (χ0v) is 10.5. The van der Waals surface area contributed by atoms with Gasteiger partial charge >= 0.3 is 0 Å². The van der Waals surface area contributed by atoms with E-state index in [0.29, 0.717) is 17.4 Å². The smallest absolute Gasteiger partial charge is 0.134 e. The van der Waals surface area contributed by atoms with E-state index in [1.54, 1.807) is 6.92 Å². The van der Waals surface area contributed by atoms with Gasteiger partial charge < -0.3 is 5.11 Å². The quantitative estimate of drug-likeness (QED) is 0.850. The molecule has 0 heterocycles. The molecule has 18 heavy (non-hydrogen) atoms. The van der Waals surface area contributed by atoms with E-state index in [2.05, 4.69) is 0 Å². The predicted octanol–water partition coefficient (Wildman–Crippen LogP) is 3.74. The number of fused-ring (bicyclic) bond motifs is 1. The van der Waals surface area contributed by atoms with Crippen LogP contribution in [0.1, 0.15) is 42.9 Å². The Hall–Kier alpha value is -0.960. The summed E-state index contributed by atoms with van der Waals surface area (Å²) in [5.41, 5.74) is 0.281. The van der Waals surface area contributed by atoms with Gasteiger partial charge in [-0.05, 0) is 49.1 Å². The second-order valence-electron chi connectivity index (χ2n) is 5.73. The van der Waals surface area contributed by atoms with Gasteiger partial charge in [0, 0.05) is 0 Å². The van der Waals surface area contributed by atoms with Gasteiger partial charge in [-0.25, -0.2) is 8.78 Å². The normalized spacial score (nSPS) is 31.9. The van der Waals surface area contributed by atoms with E-state index in [0.717, 1.165) is 12.8 Å². The van der Waals surface area contributed by atoms with Gasteiger partial charge in [0.2, 0.25) is 0 Å². The fourth-order valence-corrected chi connectivity index (χ4v) is 3.66. The number of aliphatic hydroxyl groups excluding tert-OH is 1. The number of hydrogen-bond acceptors (Lipinski definition) is 1. The van der Waals surface area contributed by atoms with Gasteiger partial charge in [-0.15, -0.1) is 0 Å². The molecule has 3 atom stereocenters. The van der Waals surface area contributed by atoms with Crippen LogP contribution in [0.25, 0.3) is 0 Å². The van der Waals surface area contributed by atoms with Gasteiger partial charge in [-0.1, -0.05) is 18.9 Å². The zero-order chi connectivity index (χ0) is 12.9. The SMILES string of the molecule is Cc1ccc(F)c(C(O)C2C3CCCCC32)c1F. The highest BCUT2D eigenvalue weighted by molar-refractivity contribution is 5.30. The van der Waals surface area contributed by atoms with Crippen LogP contribution in [0.5, 0.6) is 0 Å². The molecular weight excluding hydrogens is 234 g/mol. The summed E-state index contributed by atoms with van der Waals surface area (Å²) in [5.74, 6) is -0.167. The van der Waals surface area contributed by atoms with Crippen LogP contribution < -0.4 is 0 Å². The third-order valence-electron chi connectivity index (χ3n) is 4.70. The lowest BCUT2D eigenvalue weighted by molar-refractivity contribution is 0.133. The van der Waals surface area contributed by atoms with Crippen LogP contribution in [0.3, 0.4) is 0 Å². The van der Waals surface area contributed by atoms with Gasteiger partial charge in [-0.2, -0.15) is 0 Å². The highest BCUT2D eigenvalue weighted by Crippen LogP contribution is 2.60. The Balaban J connectivity index is 1.89. The molecule has 1 N–H and O–H groups in total. The van der Waals surface area contributed by atoms with Crippen LogP contribution in [0.4, 0.5) is 8.78 Å². The molecule has 1 aromatic rings. The zero-order valence-electron chi connectivity index (χ0n) is 10.5. The number of aliphatic hydroxyl groups is 1. The third kappa shape index (κ3) is 1.76. The molecule has 2 aliphatic rings. The Labute approximate surface area is 106 Å². The summed E-state index contributed by atoms with van der Waals surface area (Å²) in [6.45, 7) is 1.60. The second kappa shape index (κ2) is 4.30. The molecule has 98 valence electrons. The second-order valence-corrected chi connectivity index (χ2v) is 5.73. The fourth-order valence-electron chi connectivity index (χ4n) is 3.66. The topological polar surface area (TPSA) is 20.2 Å². The molecule has 0 radical (unpaired) electrons. The van der Waals surface area contributed by atoms with Gasteiger partial charge in [0.15, 0.2) is 0 Å². The minimum Gasteiger partial charge on any atom is -0.388 e. The van der Waals surface area contributed by atoms with Gasteiger partial charge in [-0.3, -0.25) is 0 Å². The molecular formula is C15H18F2O. The van der Waals surface area contributed by atoms with Crippen LogP contribution in [0.15, 0.2) is 12.1 Å². The molecule has 1 nitrogen and oxygen atoms in total. The van der Waals surface area contributed by atoms with Crippen molar-refractivity contribution in [2.75, 3.05) is 0 Å². The Morgan fingerprint density at radius 1 is 1.17 bits per heavy atom. The highest BCUT2D eigenvalue weighted by atomic mass is 19.1. The molecule has 2 aliphatic carbocycles. The standard InChI is InChI=1S/C15H18F2O/c1-8-6-7-11(16)13(14(8)17)15(18)12-9-4-2-3-5-10(9)12/h6-7,9-10,12,15,18H,2-5H2,1H3. The van der Waals surface area contributed by atoms with Crippen molar-refractivity contribution in [1.82, 2.24) is 0 Å². The van der Waals surface area contributed by atoms with E-state index < -0.39 is 17.7 Å². The maximum absolute atomic E-state index is 14.0. The van der Waals surface area contributed by atoms with Gasteiger partial charge in [0.1, 0.15) is 11.6 Å². The minimum atomic E-state index is -0.974. The monoisotopic (exact) mass is 252 g/mol. The molecule has 1 aromatic carbocycles. The Bertz CT molecular complexity index is 460. The summed E-state index contributed by atoms with van der Waals surface area (Å²) in [6.07, 6.45) is 3.59. The van der Waals surface area contributed by atoms with Crippen molar-refractivity contribution in [2.24, 2.45) is 17.8 Å². The van der Waals surface area contributed by atoms with Crippen molar-refractivity contribution < 1.29 is 13.9 Å². The molecule has 0 bridgehead atoms. The van der Waals surface area contributed by atoms with E-state index in [1.807, 2.05) is 0 Å². The molecule has 0 amide bonds. The number of rotatable bonds is 2. The summed E-state index contributed by atoms with van der Waals surface area (Å²) < 4.78 is 27.7. The van der Waals surface area contributed by atoms with Crippen LogP contribution in [0.2, 0.25) is 0 Å². The number of halogens is 2. The highest BCUT2D eigenvalue weighted by Gasteiger charge is 2.55. The Kier molecular flexibility index (Phi) is 2.89. The van der Waals surface area contributed by atoms with Gasteiger partial charge in [0.05, 0.1) is 11.7 Å². The van der Waals surface area contributed by atoms with Crippen molar-refractivity contribution in [1.29, 1.82) is 0 Å². The molecule has 0 aliphatic heterocycles. The lowest BCUT2D eigenvalue weighted by Crippen LogP contribution is -2.09. The maximum atomic E-state index is 14.0. The van der Waals surface area contributed by atoms with Crippen molar-refractivity contribution in [3.8, 4) is 0 Å². The van der Waals surface area contributed by atoms with Crippen molar-refractivity contribution in [3.05, 3.63) is 34.9 Å². The molecule has 2 fully saturated rings. The summed E-state index contributed by atoms with van der Waals surface area (Å²) in [6, 6.07) is 2.67. The lowest BCUT2D eigenvalue weighted by atomic mass is 9.99. The third-order valence-corrected chi connectivity index (χ3v) is 4.70. The van der Waals surface area contributed by atoms with E-state index >= 15 is 0 Å². The Morgan fingerprint density at radius 3 is 2.39 bits per heavy atom. The molecule has 2 saturated carbocycles. The first-order valence-electron chi connectivity index (χ1n) is 6.74. The predicted molar refractivity (Wildman–Crippen MR) is 65.0 cm³/mol. The number of benzene rings is 1. The summed E-state index contributed by atoms with van der Waals surface area (Å²) in [7, 11) is 0. The molecule has 3 heteroatoms. The molecule has 3 rings (SSSR count). The number of aryl methyl sites for hydroxylation is 1. The van der Waals surface area contributed by atoms with Gasteiger partial charge in [0.25, 0.3) is 0 Å². The van der Waals surface area contributed by atoms with Crippen LogP contribution in [0, 0.1) is 36.3 Å². The van der Waals surface area contributed by atoms with Crippen molar-refractivity contribution >= 4 is 0 Å². The fraction of sp³-hybridized carbons (Fsp3) is 0.600. The summed E-state index contributed by atoms with van der Waals surface area (Å²) in [4.78, 5) is 0. The van der Waals surface area contributed by atoms with E-state index in [1.165, 1.54) is 25.0 Å². The van der Waals surface area contributed by atoms with Crippen LogP contribution in [-0.2, 0) is 0 Å². The first-order chi connectivity index (χ1) is 8.61.